The maximum absolute atomic E-state index is 12.2. The molecule has 0 aliphatic carbocycles. The summed E-state index contributed by atoms with van der Waals surface area (Å²) in [4.78, 5) is 12.2. The van der Waals surface area contributed by atoms with Crippen molar-refractivity contribution in [2.45, 2.75) is 19.4 Å². The minimum absolute atomic E-state index is 0.0932. The second-order valence-corrected chi connectivity index (χ2v) is 6.46. The molecular weight excluding hydrogens is 396 g/mol. The van der Waals surface area contributed by atoms with E-state index in [4.69, 9.17) is 4.74 Å². The quantitative estimate of drug-likeness (QED) is 0.288. The summed E-state index contributed by atoms with van der Waals surface area (Å²) in [7, 11) is 0. The van der Waals surface area contributed by atoms with Gasteiger partial charge in [0.05, 0.1) is 12.3 Å². The van der Waals surface area contributed by atoms with Crippen molar-refractivity contribution in [3.8, 4) is 0 Å². The number of anilines is 1. The highest BCUT2D eigenvalue weighted by Gasteiger charge is 2.19. The number of nitrogens with zero attached hydrogens (tertiary/aromatic N) is 1. The van der Waals surface area contributed by atoms with Gasteiger partial charge in [-0.05, 0) is 42.3 Å². The lowest BCUT2D eigenvalue weighted by Gasteiger charge is -2.15. The highest BCUT2D eigenvalue weighted by Crippen LogP contribution is 2.24. The lowest BCUT2D eigenvalue weighted by atomic mass is 9.98. The van der Waals surface area contributed by atoms with Crippen molar-refractivity contribution in [2.24, 2.45) is 5.10 Å². The number of hydrogen-bond donors (Lipinski definition) is 2. The summed E-state index contributed by atoms with van der Waals surface area (Å²) in [5, 5.41) is 14.6. The van der Waals surface area contributed by atoms with Crippen LogP contribution >= 0.6 is 15.9 Å². The Morgan fingerprint density at radius 3 is 2.50 bits per heavy atom. The van der Waals surface area contributed by atoms with Crippen LogP contribution < -0.4 is 5.43 Å². The van der Waals surface area contributed by atoms with Crippen LogP contribution in [0.1, 0.15) is 25.0 Å². The molecule has 26 heavy (non-hydrogen) atoms. The number of ether oxygens (including phenoxy) is 1. The largest absolute Gasteiger partial charge is 0.461 e. The van der Waals surface area contributed by atoms with Gasteiger partial charge in [0.1, 0.15) is 11.8 Å². The van der Waals surface area contributed by atoms with Gasteiger partial charge in [-0.2, -0.15) is 5.10 Å². The molecule has 1 atom stereocenters. The third-order valence-electron chi connectivity index (χ3n) is 3.57. The van der Waals surface area contributed by atoms with Gasteiger partial charge in [-0.3, -0.25) is 5.43 Å². The maximum atomic E-state index is 12.2. The predicted molar refractivity (Wildman–Crippen MR) is 107 cm³/mol. The van der Waals surface area contributed by atoms with Crippen LogP contribution in [0, 0.1) is 0 Å². The minimum atomic E-state index is -0.903. The van der Waals surface area contributed by atoms with Crippen LogP contribution in [0.2, 0.25) is 0 Å². The highest BCUT2D eigenvalue weighted by atomic mass is 79.9. The first-order valence-electron chi connectivity index (χ1n) is 8.17. The zero-order chi connectivity index (χ0) is 18.9. The molecule has 0 amide bonds. The molecule has 0 aliphatic heterocycles. The molecule has 0 saturated heterocycles. The summed E-state index contributed by atoms with van der Waals surface area (Å²) in [6.07, 6.45) is -0.810. The van der Waals surface area contributed by atoms with Crippen LogP contribution in [0.4, 0.5) is 5.69 Å². The third-order valence-corrected chi connectivity index (χ3v) is 4.10. The zero-order valence-electron chi connectivity index (χ0n) is 14.5. The van der Waals surface area contributed by atoms with Gasteiger partial charge < -0.3 is 9.84 Å². The number of para-hydroxylation sites is 1. The number of hydrogen-bond acceptors (Lipinski definition) is 5. The number of halogens is 1. The van der Waals surface area contributed by atoms with E-state index < -0.39 is 12.1 Å². The first-order chi connectivity index (χ1) is 12.5. The average Bonchev–Trinajstić information content (AvgIpc) is 2.66. The highest BCUT2D eigenvalue weighted by molar-refractivity contribution is 9.10. The van der Waals surface area contributed by atoms with Gasteiger partial charge >= 0.3 is 5.97 Å². The van der Waals surface area contributed by atoms with E-state index in [1.807, 2.05) is 42.5 Å². The molecule has 2 aromatic rings. The smallest absolute Gasteiger partial charge is 0.354 e. The Balaban J connectivity index is 2.13. The topological polar surface area (TPSA) is 70.9 Å². The molecule has 2 aromatic carbocycles. The van der Waals surface area contributed by atoms with Crippen LogP contribution in [-0.4, -0.2) is 23.4 Å². The van der Waals surface area contributed by atoms with Gasteiger partial charge in [-0.25, -0.2) is 4.79 Å². The molecule has 1 unspecified atom stereocenters. The number of aliphatic hydroxyl groups excluding tert-OH is 1. The molecule has 2 N–H and O–H groups in total. The molecule has 0 bridgehead atoms. The lowest BCUT2D eigenvalue weighted by Crippen LogP contribution is -2.21. The standard InChI is InChI=1S/C20H21BrN2O3/c1-3-26-20(25)18(23-22-17-7-5-4-6-8-17)13-14(2)19(24)15-9-11-16(21)12-10-15/h4-12,19,22,24H,2-3,13H2,1H3/b23-18+. The number of nitrogens with one attached hydrogen (secondary N) is 1. The van der Waals surface area contributed by atoms with Crippen LogP contribution in [0.15, 0.2) is 76.3 Å². The van der Waals surface area contributed by atoms with Gasteiger partial charge in [0.2, 0.25) is 0 Å². The fourth-order valence-corrected chi connectivity index (χ4v) is 2.47. The van der Waals surface area contributed by atoms with E-state index in [2.05, 4.69) is 33.0 Å². The minimum Gasteiger partial charge on any atom is -0.461 e. The van der Waals surface area contributed by atoms with Crippen LogP contribution in [0.25, 0.3) is 0 Å². The normalized spacial score (nSPS) is 12.3. The number of esters is 1. The van der Waals surface area contributed by atoms with E-state index in [1.165, 1.54) is 0 Å². The first-order valence-corrected chi connectivity index (χ1v) is 8.96. The SMILES string of the molecule is C=C(C/C(=N\Nc1ccccc1)C(=O)OCC)C(O)c1ccc(Br)cc1. The monoisotopic (exact) mass is 416 g/mol. The molecule has 0 fully saturated rings. The molecular formula is C20H21BrN2O3. The van der Waals surface area contributed by atoms with E-state index in [9.17, 15) is 9.90 Å². The summed E-state index contributed by atoms with van der Waals surface area (Å²) in [6, 6.07) is 16.5. The fraction of sp³-hybridized carbons (Fsp3) is 0.200. The van der Waals surface area contributed by atoms with Crippen molar-refractivity contribution >= 4 is 33.3 Å². The van der Waals surface area contributed by atoms with Crippen molar-refractivity contribution in [1.82, 2.24) is 0 Å². The van der Waals surface area contributed by atoms with Crippen LogP contribution in [0.5, 0.6) is 0 Å². The number of benzene rings is 2. The Labute approximate surface area is 161 Å². The van der Waals surface area contributed by atoms with Crippen molar-refractivity contribution in [1.29, 1.82) is 0 Å². The summed E-state index contributed by atoms with van der Waals surface area (Å²) in [5.41, 5.74) is 4.87. The number of rotatable bonds is 8. The van der Waals surface area contributed by atoms with E-state index >= 15 is 0 Å². The number of carbonyl (C=O) groups is 1. The Kier molecular flexibility index (Phi) is 7.56. The van der Waals surface area contributed by atoms with Crippen LogP contribution in [-0.2, 0) is 9.53 Å². The van der Waals surface area contributed by atoms with Crippen LogP contribution in [0.3, 0.4) is 0 Å². The van der Waals surface area contributed by atoms with Crippen molar-refractivity contribution < 1.29 is 14.6 Å². The van der Waals surface area contributed by atoms with E-state index in [0.717, 1.165) is 10.2 Å². The number of aliphatic hydroxyl groups is 1. The molecule has 2 rings (SSSR count). The molecule has 5 nitrogen and oxygen atoms in total. The Morgan fingerprint density at radius 2 is 1.88 bits per heavy atom. The van der Waals surface area contributed by atoms with Crippen molar-refractivity contribution in [3.63, 3.8) is 0 Å². The van der Waals surface area contributed by atoms with E-state index in [0.29, 0.717) is 11.1 Å². The van der Waals surface area contributed by atoms with Crippen molar-refractivity contribution in [3.05, 3.63) is 76.8 Å². The molecule has 0 saturated carbocycles. The number of hydrazone groups is 1. The molecule has 0 aromatic heterocycles. The van der Waals surface area contributed by atoms with E-state index in [1.54, 1.807) is 19.1 Å². The van der Waals surface area contributed by atoms with Gasteiger partial charge in [-0.15, -0.1) is 0 Å². The molecule has 0 radical (unpaired) electrons. The van der Waals surface area contributed by atoms with Gasteiger partial charge in [0.25, 0.3) is 0 Å². The summed E-state index contributed by atoms with van der Waals surface area (Å²) in [6.45, 7) is 5.88. The maximum Gasteiger partial charge on any atom is 0.354 e. The predicted octanol–water partition coefficient (Wildman–Crippen LogP) is 4.46. The summed E-state index contributed by atoms with van der Waals surface area (Å²) < 4.78 is 5.97. The second-order valence-electron chi connectivity index (χ2n) is 5.55. The summed E-state index contributed by atoms with van der Waals surface area (Å²) >= 11 is 3.36. The Morgan fingerprint density at radius 1 is 1.23 bits per heavy atom. The molecule has 6 heteroatoms. The van der Waals surface area contributed by atoms with Gasteiger partial charge in [0.15, 0.2) is 0 Å². The van der Waals surface area contributed by atoms with E-state index in [-0.39, 0.29) is 18.7 Å². The lowest BCUT2D eigenvalue weighted by molar-refractivity contribution is -0.135. The fourth-order valence-electron chi connectivity index (χ4n) is 2.21. The average molecular weight is 417 g/mol. The summed E-state index contributed by atoms with van der Waals surface area (Å²) in [5.74, 6) is -0.542. The Hall–Kier alpha value is -2.44. The molecule has 0 aliphatic rings. The van der Waals surface area contributed by atoms with Crippen molar-refractivity contribution in [2.75, 3.05) is 12.0 Å². The molecule has 0 heterocycles. The van der Waals surface area contributed by atoms with Gasteiger partial charge in [0, 0.05) is 10.9 Å². The number of carbonyl (C=O) groups excluding carboxylic acids is 1. The third kappa shape index (κ3) is 5.82. The molecule has 136 valence electrons. The first kappa shape index (κ1) is 19.9. The second kappa shape index (κ2) is 9.89. The zero-order valence-corrected chi connectivity index (χ0v) is 16.1. The van der Waals surface area contributed by atoms with Gasteiger partial charge in [-0.1, -0.05) is 52.8 Å². The molecule has 0 spiro atoms. The Bertz CT molecular complexity index is 773.